The highest BCUT2D eigenvalue weighted by Gasteiger charge is 2.36. The number of aliphatic carboxylic acids is 1. The largest absolute Gasteiger partial charge is 0.481 e. The van der Waals surface area contributed by atoms with Gasteiger partial charge in [0, 0.05) is 17.8 Å². The van der Waals surface area contributed by atoms with Gasteiger partial charge < -0.3 is 15.3 Å². The minimum Gasteiger partial charge on any atom is -0.481 e. The van der Waals surface area contributed by atoms with Crippen LogP contribution < -0.4 is 10.2 Å². The average Bonchev–Trinajstić information content (AvgIpc) is 2.54. The second-order valence-corrected chi connectivity index (χ2v) is 7.08. The molecule has 0 aromatic heterocycles. The number of carboxylic acids is 1. The molecule has 0 bridgehead atoms. The molecule has 4 nitrogen and oxygen atoms in total. The first-order valence-electron chi connectivity index (χ1n) is 8.49. The molecular weight excluding hydrogens is 308 g/mol. The lowest BCUT2D eigenvalue weighted by atomic mass is 9.86. The predicted molar refractivity (Wildman–Crippen MR) is 96.0 cm³/mol. The van der Waals surface area contributed by atoms with Crippen LogP contribution in [0.25, 0.3) is 0 Å². The lowest BCUT2D eigenvalue weighted by molar-refractivity contribution is -0.139. The molecule has 5 heteroatoms. The number of fused-ring (bicyclic) bond motifs is 1. The van der Waals surface area contributed by atoms with E-state index in [4.69, 9.17) is 12.2 Å². The van der Waals surface area contributed by atoms with Gasteiger partial charge in [-0.15, -0.1) is 0 Å². The Morgan fingerprint density at radius 2 is 1.96 bits per heavy atom. The normalized spacial score (nSPS) is 24.8. The average molecular weight is 332 g/mol. The third-order valence-electron chi connectivity index (χ3n) is 5.04. The third kappa shape index (κ3) is 3.34. The molecule has 3 rings (SSSR count). The molecule has 0 spiro atoms. The van der Waals surface area contributed by atoms with Crippen molar-refractivity contribution < 1.29 is 9.90 Å². The van der Waals surface area contributed by atoms with Crippen molar-refractivity contribution in [1.29, 1.82) is 0 Å². The zero-order chi connectivity index (χ0) is 16.4. The van der Waals surface area contributed by atoms with Crippen LogP contribution in [0, 0.1) is 0 Å². The van der Waals surface area contributed by atoms with E-state index in [0.29, 0.717) is 12.5 Å². The highest BCUT2D eigenvalue weighted by atomic mass is 32.1. The number of hydrogen-bond acceptors (Lipinski definition) is 2. The molecule has 0 radical (unpaired) electrons. The number of benzene rings is 1. The Morgan fingerprint density at radius 1 is 1.26 bits per heavy atom. The molecule has 1 aromatic carbocycles. The molecule has 1 aliphatic carbocycles. The summed E-state index contributed by atoms with van der Waals surface area (Å²) >= 11 is 5.68. The quantitative estimate of drug-likeness (QED) is 0.810. The molecule has 124 valence electrons. The van der Waals surface area contributed by atoms with E-state index in [2.05, 4.69) is 17.1 Å². The van der Waals surface area contributed by atoms with Gasteiger partial charge >= 0.3 is 5.97 Å². The van der Waals surface area contributed by atoms with Crippen molar-refractivity contribution in [2.45, 2.75) is 63.5 Å². The lowest BCUT2D eigenvalue weighted by Gasteiger charge is -2.40. The zero-order valence-corrected chi connectivity index (χ0v) is 14.3. The molecule has 2 unspecified atom stereocenters. The Morgan fingerprint density at radius 3 is 2.65 bits per heavy atom. The molecule has 1 fully saturated rings. The van der Waals surface area contributed by atoms with E-state index in [0.717, 1.165) is 16.4 Å². The monoisotopic (exact) mass is 332 g/mol. The molecule has 2 N–H and O–H groups in total. The van der Waals surface area contributed by atoms with Crippen LogP contribution in [-0.4, -0.2) is 28.3 Å². The van der Waals surface area contributed by atoms with Crippen LogP contribution in [0.2, 0.25) is 0 Å². The summed E-state index contributed by atoms with van der Waals surface area (Å²) < 4.78 is 0. The Hall–Kier alpha value is -1.62. The topological polar surface area (TPSA) is 52.6 Å². The molecule has 0 amide bonds. The fourth-order valence-corrected chi connectivity index (χ4v) is 4.29. The highest BCUT2D eigenvalue weighted by Crippen LogP contribution is 2.38. The molecule has 2 aliphatic rings. The van der Waals surface area contributed by atoms with E-state index >= 15 is 0 Å². The molecule has 1 saturated carbocycles. The van der Waals surface area contributed by atoms with E-state index in [1.807, 2.05) is 24.3 Å². The summed E-state index contributed by atoms with van der Waals surface area (Å²) in [6.45, 7) is 2.06. The van der Waals surface area contributed by atoms with Gasteiger partial charge in [0.1, 0.15) is 0 Å². The summed E-state index contributed by atoms with van der Waals surface area (Å²) in [5.74, 6) is -1.20. The van der Waals surface area contributed by atoms with Crippen LogP contribution in [0.5, 0.6) is 0 Å². The first-order chi connectivity index (χ1) is 11.1. The maximum atomic E-state index is 11.6. The van der Waals surface area contributed by atoms with Gasteiger partial charge in [0.05, 0.1) is 5.92 Å². The van der Waals surface area contributed by atoms with Crippen molar-refractivity contribution in [3.05, 3.63) is 29.8 Å². The molecule has 1 aromatic rings. The van der Waals surface area contributed by atoms with Gasteiger partial charge in [-0.05, 0) is 50.0 Å². The van der Waals surface area contributed by atoms with Crippen LogP contribution in [-0.2, 0) is 4.79 Å². The van der Waals surface area contributed by atoms with Gasteiger partial charge in [-0.1, -0.05) is 37.5 Å². The van der Waals surface area contributed by atoms with Gasteiger partial charge in [-0.2, -0.15) is 0 Å². The molecule has 1 aliphatic heterocycles. The maximum absolute atomic E-state index is 11.6. The fourth-order valence-electron chi connectivity index (χ4n) is 3.85. The summed E-state index contributed by atoms with van der Waals surface area (Å²) in [7, 11) is 0. The van der Waals surface area contributed by atoms with Crippen molar-refractivity contribution in [1.82, 2.24) is 5.32 Å². The molecule has 23 heavy (non-hydrogen) atoms. The number of carbonyl (C=O) groups is 1. The Balaban J connectivity index is 1.84. The lowest BCUT2D eigenvalue weighted by Crippen LogP contribution is -2.51. The molecular formula is C18H24N2O2S. The van der Waals surface area contributed by atoms with Crippen LogP contribution in [0.15, 0.2) is 24.3 Å². The van der Waals surface area contributed by atoms with Crippen LogP contribution >= 0.6 is 12.2 Å². The Kier molecular flexibility index (Phi) is 4.85. The van der Waals surface area contributed by atoms with Crippen LogP contribution in [0.3, 0.4) is 0 Å². The summed E-state index contributed by atoms with van der Waals surface area (Å²) in [5.41, 5.74) is 1.80. The van der Waals surface area contributed by atoms with Crippen molar-refractivity contribution in [2.24, 2.45) is 0 Å². The first-order valence-corrected chi connectivity index (χ1v) is 8.90. The number of para-hydroxylation sites is 1. The van der Waals surface area contributed by atoms with Crippen molar-refractivity contribution in [2.75, 3.05) is 4.90 Å². The Bertz CT molecular complexity index is 598. The minimum absolute atomic E-state index is 0.0783. The fraction of sp³-hybridized carbons (Fsp3) is 0.556. The smallest absolute Gasteiger partial charge is 0.311 e. The number of carboxylic acid groups (broad SMARTS) is 1. The van der Waals surface area contributed by atoms with Gasteiger partial charge in [0.2, 0.25) is 0 Å². The number of rotatable bonds is 2. The van der Waals surface area contributed by atoms with Gasteiger partial charge in [-0.3, -0.25) is 4.79 Å². The molecule has 0 saturated heterocycles. The Labute approximate surface area is 142 Å². The maximum Gasteiger partial charge on any atom is 0.311 e. The van der Waals surface area contributed by atoms with Crippen molar-refractivity contribution in [3.8, 4) is 0 Å². The van der Waals surface area contributed by atoms with E-state index in [9.17, 15) is 9.90 Å². The van der Waals surface area contributed by atoms with Crippen molar-refractivity contribution >= 4 is 29.0 Å². The third-order valence-corrected chi connectivity index (χ3v) is 5.35. The van der Waals surface area contributed by atoms with Crippen LogP contribution in [0.1, 0.15) is 56.9 Å². The van der Waals surface area contributed by atoms with E-state index < -0.39 is 11.9 Å². The SMILES string of the molecule is CC1CC(C(=O)O)c2ccccc2N1C(=S)NC1CCCCC1. The summed E-state index contributed by atoms with van der Waals surface area (Å²) in [6, 6.07) is 8.28. The minimum atomic E-state index is -0.755. The van der Waals surface area contributed by atoms with Gasteiger partial charge in [0.15, 0.2) is 5.11 Å². The number of anilines is 1. The van der Waals surface area contributed by atoms with Crippen LogP contribution in [0.4, 0.5) is 5.69 Å². The summed E-state index contributed by atoms with van der Waals surface area (Å²) in [5, 5.41) is 13.8. The zero-order valence-electron chi connectivity index (χ0n) is 13.5. The second kappa shape index (κ2) is 6.87. The van der Waals surface area contributed by atoms with E-state index in [1.165, 1.54) is 32.1 Å². The summed E-state index contributed by atoms with van der Waals surface area (Å²) in [4.78, 5) is 13.7. The van der Waals surface area contributed by atoms with Crippen molar-refractivity contribution in [3.63, 3.8) is 0 Å². The van der Waals surface area contributed by atoms with Gasteiger partial charge in [0.25, 0.3) is 0 Å². The number of nitrogens with one attached hydrogen (secondary N) is 1. The first kappa shape index (κ1) is 16.2. The highest BCUT2D eigenvalue weighted by molar-refractivity contribution is 7.80. The second-order valence-electron chi connectivity index (χ2n) is 6.69. The van der Waals surface area contributed by atoms with E-state index in [-0.39, 0.29) is 6.04 Å². The molecule has 2 atom stereocenters. The van der Waals surface area contributed by atoms with Gasteiger partial charge in [-0.25, -0.2) is 0 Å². The molecule has 1 heterocycles. The number of thiocarbonyl (C=S) groups is 1. The van der Waals surface area contributed by atoms with E-state index in [1.54, 1.807) is 0 Å². The number of nitrogens with zero attached hydrogens (tertiary/aromatic N) is 1. The standard InChI is InChI=1S/C18H24N2O2S/c1-12-11-15(17(21)22)14-9-5-6-10-16(14)20(12)18(23)19-13-7-3-2-4-8-13/h5-6,9-10,12-13,15H,2-4,7-8,11H2,1H3,(H,19,23)(H,21,22). The number of hydrogen-bond donors (Lipinski definition) is 2. The summed E-state index contributed by atoms with van der Waals surface area (Å²) in [6.07, 6.45) is 6.75. The predicted octanol–water partition coefficient (Wildman–Crippen LogP) is 3.66.